The first-order chi connectivity index (χ1) is 11.4. The van der Waals surface area contributed by atoms with Crippen LogP contribution in [-0.4, -0.2) is 38.2 Å². The van der Waals surface area contributed by atoms with Gasteiger partial charge in [-0.25, -0.2) is 9.18 Å². The summed E-state index contributed by atoms with van der Waals surface area (Å²) in [4.78, 5) is 34.4. The van der Waals surface area contributed by atoms with E-state index in [4.69, 9.17) is 9.47 Å². The van der Waals surface area contributed by atoms with Crippen molar-refractivity contribution in [3.8, 4) is 0 Å². The predicted molar refractivity (Wildman–Crippen MR) is 79.4 cm³/mol. The summed E-state index contributed by atoms with van der Waals surface area (Å²) in [5.41, 5.74) is -0.686. The van der Waals surface area contributed by atoms with Crippen LogP contribution in [0.1, 0.15) is 19.4 Å². The van der Waals surface area contributed by atoms with Crippen LogP contribution in [0.2, 0.25) is 0 Å². The summed E-state index contributed by atoms with van der Waals surface area (Å²) in [6, 6.07) is 8.94. The molecule has 0 aliphatic rings. The van der Waals surface area contributed by atoms with E-state index < -0.39 is 37.0 Å². The molecule has 0 saturated heterocycles. The molecule has 1 atom stereocenters. The standard InChI is InChI=1S/C16H19FO7/c1-12(18)22-9-16(2,10-23-15(20)24-11-17)14(19)21-8-13-6-4-3-5-7-13/h3-7H,8-11H2,1-2H3. The van der Waals surface area contributed by atoms with Crippen molar-refractivity contribution in [1.82, 2.24) is 0 Å². The number of hydrogen-bond donors (Lipinski definition) is 0. The van der Waals surface area contributed by atoms with Crippen LogP contribution in [0.4, 0.5) is 9.18 Å². The van der Waals surface area contributed by atoms with Crippen LogP contribution in [-0.2, 0) is 35.1 Å². The van der Waals surface area contributed by atoms with Gasteiger partial charge in [-0.05, 0) is 12.5 Å². The molecule has 24 heavy (non-hydrogen) atoms. The zero-order valence-electron chi connectivity index (χ0n) is 13.5. The molecule has 1 unspecified atom stereocenters. The van der Waals surface area contributed by atoms with Gasteiger partial charge in [0.2, 0.25) is 6.86 Å². The third kappa shape index (κ3) is 6.64. The molecule has 8 heteroatoms. The number of carbonyl (C=O) groups is 3. The molecule has 0 aromatic heterocycles. The van der Waals surface area contributed by atoms with Gasteiger partial charge in [0.15, 0.2) is 0 Å². The number of hydrogen-bond acceptors (Lipinski definition) is 7. The van der Waals surface area contributed by atoms with E-state index >= 15 is 0 Å². The van der Waals surface area contributed by atoms with Crippen molar-refractivity contribution in [2.24, 2.45) is 5.41 Å². The topological polar surface area (TPSA) is 88.1 Å². The number of halogens is 1. The molecule has 132 valence electrons. The van der Waals surface area contributed by atoms with Crippen LogP contribution >= 0.6 is 0 Å². The fourth-order valence-corrected chi connectivity index (χ4v) is 1.62. The lowest BCUT2D eigenvalue weighted by Crippen LogP contribution is -2.40. The molecule has 7 nitrogen and oxygen atoms in total. The maximum atomic E-state index is 12.3. The summed E-state index contributed by atoms with van der Waals surface area (Å²) in [6.07, 6.45) is -1.28. The lowest BCUT2D eigenvalue weighted by molar-refractivity contribution is -0.166. The van der Waals surface area contributed by atoms with Gasteiger partial charge >= 0.3 is 18.1 Å². The predicted octanol–water partition coefficient (Wildman–Crippen LogP) is 2.38. The van der Waals surface area contributed by atoms with E-state index in [1.165, 1.54) is 13.8 Å². The Bertz CT molecular complexity index is 561. The van der Waals surface area contributed by atoms with Crippen LogP contribution < -0.4 is 0 Å². The Morgan fingerprint density at radius 1 is 1.00 bits per heavy atom. The van der Waals surface area contributed by atoms with Crippen LogP contribution in [0.3, 0.4) is 0 Å². The Morgan fingerprint density at radius 2 is 1.62 bits per heavy atom. The zero-order chi connectivity index (χ0) is 18.0. The molecule has 0 aliphatic carbocycles. The zero-order valence-corrected chi connectivity index (χ0v) is 13.5. The van der Waals surface area contributed by atoms with Gasteiger partial charge in [-0.15, -0.1) is 0 Å². The van der Waals surface area contributed by atoms with Crippen LogP contribution in [0.15, 0.2) is 30.3 Å². The molecule has 0 saturated carbocycles. The van der Waals surface area contributed by atoms with Crippen LogP contribution in [0, 0.1) is 5.41 Å². The molecule has 0 N–H and O–H groups in total. The molecule has 1 aromatic rings. The molecule has 1 rings (SSSR count). The Labute approximate surface area is 138 Å². The van der Waals surface area contributed by atoms with Gasteiger partial charge in [0, 0.05) is 6.92 Å². The number of rotatable bonds is 8. The highest BCUT2D eigenvalue weighted by molar-refractivity contribution is 5.78. The second kappa shape index (κ2) is 9.49. The fraction of sp³-hybridized carbons (Fsp3) is 0.438. The Kier molecular flexibility index (Phi) is 7.67. The summed E-state index contributed by atoms with van der Waals surface area (Å²) in [6.45, 7) is 0.369. The largest absolute Gasteiger partial charge is 0.510 e. The maximum absolute atomic E-state index is 12.3. The molecule has 0 heterocycles. The lowest BCUT2D eigenvalue weighted by atomic mass is 9.93. The minimum atomic E-state index is -1.45. The average molecular weight is 342 g/mol. The van der Waals surface area contributed by atoms with Gasteiger partial charge in [-0.2, -0.15) is 0 Å². The molecular weight excluding hydrogens is 323 g/mol. The van der Waals surface area contributed by atoms with Crippen LogP contribution in [0.5, 0.6) is 0 Å². The van der Waals surface area contributed by atoms with Gasteiger partial charge in [0.1, 0.15) is 25.2 Å². The van der Waals surface area contributed by atoms with Gasteiger partial charge in [-0.1, -0.05) is 30.3 Å². The SMILES string of the molecule is CC(=O)OCC(C)(COC(=O)OCF)C(=O)OCc1ccccc1. The second-order valence-electron chi connectivity index (χ2n) is 5.19. The Hall–Kier alpha value is -2.64. The van der Waals surface area contributed by atoms with Gasteiger partial charge < -0.3 is 18.9 Å². The van der Waals surface area contributed by atoms with E-state index in [1.54, 1.807) is 24.3 Å². The van der Waals surface area contributed by atoms with Crippen molar-refractivity contribution < 1.29 is 37.7 Å². The van der Waals surface area contributed by atoms with Crippen LogP contribution in [0.25, 0.3) is 0 Å². The Morgan fingerprint density at radius 3 is 2.21 bits per heavy atom. The minimum absolute atomic E-state index is 0.00423. The first-order valence-electron chi connectivity index (χ1n) is 7.07. The van der Waals surface area contributed by atoms with E-state index in [0.29, 0.717) is 0 Å². The summed E-state index contributed by atoms with van der Waals surface area (Å²) in [5, 5.41) is 0. The normalized spacial score (nSPS) is 12.6. The lowest BCUT2D eigenvalue weighted by Gasteiger charge is -2.25. The molecule has 0 bridgehead atoms. The summed E-state index contributed by atoms with van der Waals surface area (Å²) >= 11 is 0. The highest BCUT2D eigenvalue weighted by Crippen LogP contribution is 2.21. The van der Waals surface area contributed by atoms with Crippen molar-refractivity contribution in [3.05, 3.63) is 35.9 Å². The average Bonchev–Trinajstić information content (AvgIpc) is 2.57. The molecule has 0 radical (unpaired) electrons. The Balaban J connectivity index is 2.69. The van der Waals surface area contributed by atoms with Gasteiger partial charge in [0.25, 0.3) is 0 Å². The number of benzene rings is 1. The van der Waals surface area contributed by atoms with Crippen molar-refractivity contribution in [2.45, 2.75) is 20.5 Å². The number of esters is 2. The van der Waals surface area contributed by atoms with E-state index in [0.717, 1.165) is 5.56 Å². The second-order valence-corrected chi connectivity index (χ2v) is 5.19. The third-order valence-electron chi connectivity index (χ3n) is 2.98. The first kappa shape index (κ1) is 19.4. The number of alkyl halides is 1. The van der Waals surface area contributed by atoms with E-state index in [1.807, 2.05) is 6.07 Å². The first-order valence-corrected chi connectivity index (χ1v) is 7.07. The third-order valence-corrected chi connectivity index (χ3v) is 2.98. The number of ether oxygens (including phenoxy) is 4. The summed E-state index contributed by atoms with van der Waals surface area (Å²) < 4.78 is 30.6. The van der Waals surface area contributed by atoms with E-state index in [9.17, 15) is 18.8 Å². The molecule has 0 amide bonds. The van der Waals surface area contributed by atoms with Gasteiger partial charge in [-0.3, -0.25) is 9.59 Å². The van der Waals surface area contributed by atoms with E-state index in [2.05, 4.69) is 9.47 Å². The highest BCUT2D eigenvalue weighted by Gasteiger charge is 2.38. The van der Waals surface area contributed by atoms with Crippen molar-refractivity contribution >= 4 is 18.1 Å². The number of carbonyl (C=O) groups excluding carboxylic acids is 3. The minimum Gasteiger partial charge on any atom is -0.465 e. The summed E-state index contributed by atoms with van der Waals surface area (Å²) in [5.74, 6) is -1.34. The molecule has 0 spiro atoms. The smallest absolute Gasteiger partial charge is 0.465 e. The monoisotopic (exact) mass is 342 g/mol. The highest BCUT2D eigenvalue weighted by atomic mass is 19.1. The molecular formula is C16H19FO7. The van der Waals surface area contributed by atoms with Crippen molar-refractivity contribution in [3.63, 3.8) is 0 Å². The van der Waals surface area contributed by atoms with Crippen molar-refractivity contribution in [1.29, 1.82) is 0 Å². The van der Waals surface area contributed by atoms with Gasteiger partial charge in [0.05, 0.1) is 0 Å². The molecule has 0 aliphatic heterocycles. The molecule has 0 fully saturated rings. The maximum Gasteiger partial charge on any atom is 0.510 e. The van der Waals surface area contributed by atoms with E-state index in [-0.39, 0.29) is 13.2 Å². The summed E-state index contributed by atoms with van der Waals surface area (Å²) in [7, 11) is 0. The fourth-order valence-electron chi connectivity index (χ4n) is 1.62. The molecule has 1 aromatic carbocycles. The quantitative estimate of drug-likeness (QED) is 0.529. The van der Waals surface area contributed by atoms with Crippen molar-refractivity contribution in [2.75, 3.05) is 20.1 Å².